The molecule has 2 aliphatic heterocycles. The lowest BCUT2D eigenvalue weighted by atomic mass is 10.1. The Labute approximate surface area is 184 Å². The highest BCUT2D eigenvalue weighted by Crippen LogP contribution is 2.36. The van der Waals surface area contributed by atoms with Crippen LogP contribution in [0.5, 0.6) is 6.01 Å². The molecule has 2 aromatic heterocycles. The summed E-state index contributed by atoms with van der Waals surface area (Å²) in [5.41, 5.74) is -0.572. The van der Waals surface area contributed by atoms with Crippen LogP contribution in [-0.2, 0) is 4.74 Å². The summed E-state index contributed by atoms with van der Waals surface area (Å²) >= 11 is 5.85. The molecule has 31 heavy (non-hydrogen) atoms. The highest BCUT2D eigenvalue weighted by molar-refractivity contribution is 6.30. The molecule has 1 amide bonds. The normalized spacial score (nSPS) is 21.0. The Kier molecular flexibility index (Phi) is 5.78. The van der Waals surface area contributed by atoms with Gasteiger partial charge in [-0.05, 0) is 33.6 Å². The maximum absolute atomic E-state index is 14.7. The minimum absolute atomic E-state index is 0.000131. The average Bonchev–Trinajstić information content (AvgIpc) is 2.97. The summed E-state index contributed by atoms with van der Waals surface area (Å²) in [4.78, 5) is 29.0. The molecule has 4 heterocycles. The largest absolute Gasteiger partial charge is 0.461 e. The van der Waals surface area contributed by atoms with E-state index in [1.54, 1.807) is 0 Å². The highest BCUT2D eigenvalue weighted by atomic mass is 35.5. The summed E-state index contributed by atoms with van der Waals surface area (Å²) in [7, 11) is 0. The quantitative estimate of drug-likeness (QED) is 0.705. The fourth-order valence-electron chi connectivity index (χ4n) is 4.13. The van der Waals surface area contributed by atoms with E-state index in [1.807, 2.05) is 30.6 Å². The lowest BCUT2D eigenvalue weighted by Crippen LogP contribution is -2.57. The lowest BCUT2D eigenvalue weighted by molar-refractivity contribution is 0.0123. The van der Waals surface area contributed by atoms with E-state index < -0.39 is 11.4 Å². The van der Waals surface area contributed by atoms with Gasteiger partial charge in [-0.1, -0.05) is 11.6 Å². The van der Waals surface area contributed by atoms with Gasteiger partial charge in [-0.3, -0.25) is 4.90 Å². The molecule has 2 fully saturated rings. The van der Waals surface area contributed by atoms with E-state index in [0.717, 1.165) is 12.8 Å². The number of fused-ring (bicyclic) bond motifs is 3. The van der Waals surface area contributed by atoms with Gasteiger partial charge < -0.3 is 19.5 Å². The van der Waals surface area contributed by atoms with Gasteiger partial charge >= 0.3 is 12.1 Å². The number of hydrogen-bond acceptors (Lipinski definition) is 8. The van der Waals surface area contributed by atoms with Gasteiger partial charge in [-0.15, -0.1) is 0 Å². The van der Waals surface area contributed by atoms with E-state index in [-0.39, 0.29) is 48.1 Å². The summed E-state index contributed by atoms with van der Waals surface area (Å²) < 4.78 is 25.6. The number of carbonyl (C=O) groups excluding carboxylic acids is 1. The number of aromatic nitrogens is 3. The second-order valence-corrected chi connectivity index (χ2v) is 9.06. The van der Waals surface area contributed by atoms with Gasteiger partial charge in [0, 0.05) is 19.3 Å². The number of ether oxygens (including phenoxy) is 2. The van der Waals surface area contributed by atoms with Crippen LogP contribution in [0.3, 0.4) is 0 Å². The molecular formula is C20H25ClFN5O4. The van der Waals surface area contributed by atoms with Crippen LogP contribution in [0.4, 0.5) is 15.0 Å². The van der Waals surface area contributed by atoms with Crippen LogP contribution in [0.2, 0.25) is 5.15 Å². The smallest absolute Gasteiger partial charge is 0.410 e. The second-order valence-electron chi connectivity index (χ2n) is 8.70. The molecule has 4 rings (SSSR count). The third kappa shape index (κ3) is 4.31. The molecule has 2 saturated heterocycles. The highest BCUT2D eigenvalue weighted by Gasteiger charge is 2.45. The third-order valence-corrected chi connectivity index (χ3v) is 5.57. The van der Waals surface area contributed by atoms with Gasteiger partial charge in [0.2, 0.25) is 0 Å². The maximum Gasteiger partial charge on any atom is 0.410 e. The van der Waals surface area contributed by atoms with Crippen LogP contribution in [0, 0.1) is 5.82 Å². The first-order chi connectivity index (χ1) is 14.7. The molecule has 11 heteroatoms. The van der Waals surface area contributed by atoms with Crippen LogP contribution in [-0.4, -0.2) is 75.0 Å². The predicted molar refractivity (Wildman–Crippen MR) is 112 cm³/mol. The third-order valence-electron chi connectivity index (χ3n) is 5.31. The van der Waals surface area contributed by atoms with Crippen molar-refractivity contribution in [2.45, 2.75) is 51.3 Å². The molecule has 168 valence electrons. The number of piperazine rings is 1. The van der Waals surface area contributed by atoms with E-state index in [2.05, 4.69) is 15.0 Å². The van der Waals surface area contributed by atoms with E-state index in [1.165, 1.54) is 6.20 Å². The van der Waals surface area contributed by atoms with Crippen molar-refractivity contribution in [1.82, 2.24) is 19.9 Å². The van der Waals surface area contributed by atoms with Crippen molar-refractivity contribution in [3.63, 3.8) is 0 Å². The monoisotopic (exact) mass is 453 g/mol. The Bertz CT molecular complexity index is 988. The minimum atomic E-state index is -0.757. The Morgan fingerprint density at radius 2 is 1.97 bits per heavy atom. The van der Waals surface area contributed by atoms with E-state index >= 15 is 0 Å². The molecule has 0 spiro atoms. The van der Waals surface area contributed by atoms with Crippen molar-refractivity contribution >= 4 is 34.4 Å². The number of rotatable bonds is 4. The maximum atomic E-state index is 14.7. The Morgan fingerprint density at radius 1 is 1.29 bits per heavy atom. The number of hydrogen-bond donors (Lipinski definition) is 1. The Balaban J connectivity index is 1.67. The molecule has 2 atom stereocenters. The number of nitrogens with zero attached hydrogens (tertiary/aromatic N) is 5. The van der Waals surface area contributed by atoms with E-state index in [9.17, 15) is 9.18 Å². The van der Waals surface area contributed by atoms with Crippen molar-refractivity contribution in [3.05, 3.63) is 17.2 Å². The van der Waals surface area contributed by atoms with Gasteiger partial charge in [-0.2, -0.15) is 9.97 Å². The molecule has 9 nitrogen and oxygen atoms in total. The first-order valence-corrected chi connectivity index (χ1v) is 10.6. The Morgan fingerprint density at radius 3 is 2.58 bits per heavy atom. The van der Waals surface area contributed by atoms with Crippen LogP contribution in [0.15, 0.2) is 6.20 Å². The number of halogens is 2. The van der Waals surface area contributed by atoms with Gasteiger partial charge in [-0.25, -0.2) is 14.2 Å². The Hall–Kier alpha value is -2.46. The van der Waals surface area contributed by atoms with Crippen LogP contribution in [0.1, 0.15) is 33.6 Å². The molecular weight excluding hydrogens is 429 g/mol. The second kappa shape index (κ2) is 8.23. The van der Waals surface area contributed by atoms with Gasteiger partial charge in [0.1, 0.15) is 23.5 Å². The summed E-state index contributed by atoms with van der Waals surface area (Å²) in [6.07, 6.45) is 2.80. The molecule has 0 aromatic carbocycles. The first-order valence-electron chi connectivity index (χ1n) is 10.2. The lowest BCUT2D eigenvalue weighted by Gasteiger charge is -2.42. The zero-order valence-corrected chi connectivity index (χ0v) is 18.4. The zero-order valence-electron chi connectivity index (χ0n) is 17.6. The number of aliphatic hydroxyl groups is 1. The van der Waals surface area contributed by atoms with E-state index in [0.29, 0.717) is 24.3 Å². The van der Waals surface area contributed by atoms with Crippen LogP contribution in [0.25, 0.3) is 10.9 Å². The molecule has 0 aliphatic carbocycles. The number of carbonyl (C=O) groups is 1. The molecule has 2 bridgehead atoms. The standard InChI is InChI=1S/C20H25ClFN5O4/c1-20(2,3)31-19(29)27-11-4-5-12(27)10-26(9-11)17-13-8-23-16(21)14(22)15(13)24-18(25-17)30-7-6-28/h8,11-12,28H,4-7,9-10H2,1-3H3. The molecule has 2 unspecified atom stereocenters. The topological polar surface area (TPSA) is 101 Å². The predicted octanol–water partition coefficient (Wildman–Crippen LogP) is 2.78. The molecule has 0 saturated carbocycles. The van der Waals surface area contributed by atoms with Crippen molar-refractivity contribution in [3.8, 4) is 6.01 Å². The van der Waals surface area contributed by atoms with Gasteiger partial charge in [0.25, 0.3) is 0 Å². The van der Waals surface area contributed by atoms with Crippen molar-refractivity contribution in [1.29, 1.82) is 0 Å². The summed E-state index contributed by atoms with van der Waals surface area (Å²) in [5.74, 6) is -0.297. The SMILES string of the molecule is CC(C)(C)OC(=O)N1C2CCC1CN(c1nc(OCCO)nc3c(F)c(Cl)ncc13)C2. The number of aliphatic hydroxyl groups excluding tert-OH is 1. The summed E-state index contributed by atoms with van der Waals surface area (Å²) in [6.45, 7) is 6.29. The molecule has 2 aliphatic rings. The number of pyridine rings is 1. The van der Waals surface area contributed by atoms with Gasteiger partial charge in [0.05, 0.1) is 24.1 Å². The molecule has 2 aromatic rings. The summed E-state index contributed by atoms with van der Waals surface area (Å²) in [6, 6.07) is -0.157. The van der Waals surface area contributed by atoms with Crippen LogP contribution >= 0.6 is 11.6 Å². The average molecular weight is 454 g/mol. The van der Waals surface area contributed by atoms with Crippen molar-refractivity contribution in [2.24, 2.45) is 0 Å². The summed E-state index contributed by atoms with van der Waals surface area (Å²) in [5, 5.41) is 9.17. The first kappa shape index (κ1) is 21.8. The minimum Gasteiger partial charge on any atom is -0.461 e. The number of anilines is 1. The van der Waals surface area contributed by atoms with Crippen molar-refractivity contribution < 1.29 is 23.8 Å². The van der Waals surface area contributed by atoms with Crippen molar-refractivity contribution in [2.75, 3.05) is 31.2 Å². The fraction of sp³-hybridized carbons (Fsp3) is 0.600. The van der Waals surface area contributed by atoms with E-state index in [4.69, 9.17) is 26.2 Å². The molecule has 0 radical (unpaired) electrons. The number of amides is 1. The fourth-order valence-corrected chi connectivity index (χ4v) is 4.27. The van der Waals surface area contributed by atoms with Crippen LogP contribution < -0.4 is 9.64 Å². The molecule has 1 N–H and O–H groups in total. The van der Waals surface area contributed by atoms with Gasteiger partial charge in [0.15, 0.2) is 11.0 Å². The zero-order chi connectivity index (χ0) is 22.3.